The average molecular weight is 455 g/mol. The van der Waals surface area contributed by atoms with Gasteiger partial charge in [0.05, 0.1) is 17.4 Å². The summed E-state index contributed by atoms with van der Waals surface area (Å²) in [4.78, 5) is 24.1. The molecule has 4 aromatic rings. The van der Waals surface area contributed by atoms with Crippen molar-refractivity contribution < 1.29 is 19.4 Å². The van der Waals surface area contributed by atoms with E-state index in [1.165, 1.54) is 30.1 Å². The van der Waals surface area contributed by atoms with Crippen LogP contribution in [0.25, 0.3) is 11.0 Å². The topological polar surface area (TPSA) is 115 Å². The number of para-hydroxylation sites is 1. The van der Waals surface area contributed by atoms with Crippen LogP contribution in [0.2, 0.25) is 0 Å². The summed E-state index contributed by atoms with van der Waals surface area (Å²) in [5.74, 6) is -0.394. The molecule has 1 aromatic heterocycles. The van der Waals surface area contributed by atoms with Crippen LogP contribution in [0.1, 0.15) is 30.5 Å². The van der Waals surface area contributed by atoms with Crippen molar-refractivity contribution in [3.05, 3.63) is 94.3 Å². The first-order valence-corrected chi connectivity index (χ1v) is 10.7. The van der Waals surface area contributed by atoms with Crippen molar-refractivity contribution in [2.24, 2.45) is 5.10 Å². The minimum Gasteiger partial charge on any atom is -0.508 e. The number of amides is 1. The predicted molar refractivity (Wildman–Crippen MR) is 128 cm³/mol. The minimum absolute atomic E-state index is 0.0539. The van der Waals surface area contributed by atoms with E-state index >= 15 is 0 Å². The SMILES string of the molecule is CC(=O)N1N=C(c2ccc(Nc3cc(=O)oc4ccccc34)cc2)CC1c1ccc(O)cc1O. The summed E-state index contributed by atoms with van der Waals surface area (Å²) in [6.07, 6.45) is 0.412. The molecule has 0 radical (unpaired) electrons. The molecule has 2 heterocycles. The summed E-state index contributed by atoms with van der Waals surface area (Å²) in [6, 6.07) is 20.0. The lowest BCUT2D eigenvalue weighted by Gasteiger charge is -2.21. The monoisotopic (exact) mass is 455 g/mol. The number of anilines is 2. The van der Waals surface area contributed by atoms with E-state index in [2.05, 4.69) is 10.4 Å². The zero-order valence-corrected chi connectivity index (χ0v) is 18.2. The third kappa shape index (κ3) is 3.97. The number of phenols is 2. The van der Waals surface area contributed by atoms with Gasteiger partial charge in [-0.3, -0.25) is 4.79 Å². The summed E-state index contributed by atoms with van der Waals surface area (Å²) in [5.41, 5.74) is 3.52. The Morgan fingerprint density at radius 3 is 2.56 bits per heavy atom. The van der Waals surface area contributed by atoms with Gasteiger partial charge in [-0.25, -0.2) is 9.80 Å². The number of carbonyl (C=O) groups is 1. The van der Waals surface area contributed by atoms with Gasteiger partial charge in [-0.2, -0.15) is 5.10 Å². The Morgan fingerprint density at radius 2 is 1.82 bits per heavy atom. The summed E-state index contributed by atoms with van der Waals surface area (Å²) in [6.45, 7) is 1.42. The summed E-state index contributed by atoms with van der Waals surface area (Å²) >= 11 is 0. The van der Waals surface area contributed by atoms with Crippen molar-refractivity contribution in [3.63, 3.8) is 0 Å². The van der Waals surface area contributed by atoms with Crippen molar-refractivity contribution in [3.8, 4) is 11.5 Å². The van der Waals surface area contributed by atoms with Crippen LogP contribution >= 0.6 is 0 Å². The lowest BCUT2D eigenvalue weighted by Crippen LogP contribution is -2.24. The molecule has 0 aliphatic carbocycles. The standard InChI is InChI=1S/C26H21N3O5/c1-15(30)29-23(20-11-10-18(31)12-24(20)32)13-21(28-29)16-6-8-17(9-7-16)27-22-14-26(33)34-25-5-3-2-4-19(22)25/h2-12,14,23,27,31-32H,13H2,1H3. The normalized spacial score (nSPS) is 15.4. The minimum atomic E-state index is -0.471. The largest absolute Gasteiger partial charge is 0.508 e. The van der Waals surface area contributed by atoms with Crippen molar-refractivity contribution in [2.45, 2.75) is 19.4 Å². The van der Waals surface area contributed by atoms with Crippen LogP contribution in [0.5, 0.6) is 11.5 Å². The van der Waals surface area contributed by atoms with Crippen molar-refractivity contribution in [2.75, 3.05) is 5.32 Å². The van der Waals surface area contributed by atoms with Gasteiger partial charge in [0.2, 0.25) is 5.91 Å². The van der Waals surface area contributed by atoms with Gasteiger partial charge >= 0.3 is 5.63 Å². The van der Waals surface area contributed by atoms with E-state index in [1.54, 1.807) is 12.1 Å². The second kappa shape index (κ2) is 8.40. The Labute approximate surface area is 194 Å². The number of nitrogens with one attached hydrogen (secondary N) is 1. The number of benzene rings is 3. The molecular weight excluding hydrogens is 434 g/mol. The Hall–Kier alpha value is -4.59. The Bertz CT molecular complexity index is 1490. The maximum Gasteiger partial charge on any atom is 0.338 e. The van der Waals surface area contributed by atoms with Gasteiger partial charge in [-0.15, -0.1) is 0 Å². The fourth-order valence-corrected chi connectivity index (χ4v) is 4.15. The predicted octanol–water partition coefficient (Wildman–Crippen LogP) is 4.65. The second-order valence-corrected chi connectivity index (χ2v) is 8.05. The number of hydrogen-bond acceptors (Lipinski definition) is 7. The molecule has 8 nitrogen and oxygen atoms in total. The molecule has 1 atom stereocenters. The van der Waals surface area contributed by atoms with E-state index in [-0.39, 0.29) is 17.4 Å². The number of fused-ring (bicyclic) bond motifs is 1. The molecule has 5 rings (SSSR count). The van der Waals surface area contributed by atoms with Crippen molar-refractivity contribution >= 4 is 34.0 Å². The van der Waals surface area contributed by atoms with E-state index in [9.17, 15) is 19.8 Å². The maximum atomic E-state index is 12.2. The van der Waals surface area contributed by atoms with E-state index < -0.39 is 11.7 Å². The summed E-state index contributed by atoms with van der Waals surface area (Å²) in [7, 11) is 0. The highest BCUT2D eigenvalue weighted by Crippen LogP contribution is 2.38. The van der Waals surface area contributed by atoms with Crippen LogP contribution in [0.15, 0.2) is 87.1 Å². The molecule has 34 heavy (non-hydrogen) atoms. The van der Waals surface area contributed by atoms with Gasteiger partial charge in [-0.1, -0.05) is 24.3 Å². The number of carbonyl (C=O) groups excluding carboxylic acids is 1. The smallest absolute Gasteiger partial charge is 0.338 e. The Morgan fingerprint density at radius 1 is 1.06 bits per heavy atom. The third-order valence-electron chi connectivity index (χ3n) is 5.75. The molecule has 0 saturated carbocycles. The van der Waals surface area contributed by atoms with Crippen LogP contribution in [0, 0.1) is 0 Å². The highest BCUT2D eigenvalue weighted by molar-refractivity contribution is 6.03. The van der Waals surface area contributed by atoms with Crippen LogP contribution < -0.4 is 10.9 Å². The number of rotatable bonds is 4. The molecule has 8 heteroatoms. The molecule has 170 valence electrons. The molecule has 0 bridgehead atoms. The highest BCUT2D eigenvalue weighted by Gasteiger charge is 2.33. The first kappa shape index (κ1) is 21.3. The lowest BCUT2D eigenvalue weighted by molar-refractivity contribution is -0.130. The molecule has 1 unspecified atom stereocenters. The Kier molecular flexibility index (Phi) is 5.25. The quantitative estimate of drug-likeness (QED) is 0.386. The molecule has 1 amide bonds. The zero-order valence-electron chi connectivity index (χ0n) is 18.2. The molecule has 0 saturated heterocycles. The van der Waals surface area contributed by atoms with Crippen molar-refractivity contribution in [1.29, 1.82) is 0 Å². The van der Waals surface area contributed by atoms with E-state index in [1.807, 2.05) is 42.5 Å². The van der Waals surface area contributed by atoms with Gasteiger partial charge in [0.15, 0.2) is 0 Å². The molecule has 0 spiro atoms. The van der Waals surface area contributed by atoms with Gasteiger partial charge in [0, 0.05) is 42.1 Å². The average Bonchev–Trinajstić information content (AvgIpc) is 3.25. The molecule has 1 aliphatic heterocycles. The van der Waals surface area contributed by atoms with E-state index in [4.69, 9.17) is 4.42 Å². The van der Waals surface area contributed by atoms with Crippen molar-refractivity contribution in [1.82, 2.24) is 5.01 Å². The summed E-state index contributed by atoms with van der Waals surface area (Å²) < 4.78 is 5.24. The maximum absolute atomic E-state index is 12.2. The van der Waals surface area contributed by atoms with Gasteiger partial charge < -0.3 is 19.9 Å². The van der Waals surface area contributed by atoms with Crippen LogP contribution in [0.3, 0.4) is 0 Å². The number of aromatic hydroxyl groups is 2. The fourth-order valence-electron chi connectivity index (χ4n) is 4.15. The Balaban J connectivity index is 1.41. The first-order chi connectivity index (χ1) is 16.4. The number of phenolic OH excluding ortho intramolecular Hbond substituents is 2. The molecule has 3 aromatic carbocycles. The van der Waals surface area contributed by atoms with Gasteiger partial charge in [-0.05, 0) is 42.0 Å². The molecule has 1 aliphatic rings. The molecule has 0 fully saturated rings. The second-order valence-electron chi connectivity index (χ2n) is 8.05. The zero-order chi connectivity index (χ0) is 23.8. The molecular formula is C26H21N3O5. The van der Waals surface area contributed by atoms with Crippen LogP contribution in [-0.4, -0.2) is 26.8 Å². The van der Waals surface area contributed by atoms with E-state index in [0.29, 0.717) is 29.0 Å². The highest BCUT2D eigenvalue weighted by atomic mass is 16.4. The fraction of sp³-hybridized carbons (Fsp3) is 0.115. The number of nitrogens with zero attached hydrogens (tertiary/aromatic N) is 2. The number of hydrogen-bond donors (Lipinski definition) is 3. The number of hydrazone groups is 1. The van der Waals surface area contributed by atoms with E-state index in [0.717, 1.165) is 16.6 Å². The van der Waals surface area contributed by atoms with Gasteiger partial charge in [0.1, 0.15) is 17.1 Å². The van der Waals surface area contributed by atoms with Gasteiger partial charge in [0.25, 0.3) is 0 Å². The van der Waals surface area contributed by atoms with Crippen LogP contribution in [0.4, 0.5) is 11.4 Å². The summed E-state index contributed by atoms with van der Waals surface area (Å²) in [5, 5.41) is 29.8. The van der Waals surface area contributed by atoms with Crippen LogP contribution in [-0.2, 0) is 4.79 Å². The lowest BCUT2D eigenvalue weighted by atomic mass is 9.97. The third-order valence-corrected chi connectivity index (χ3v) is 5.75. The molecule has 3 N–H and O–H groups in total. The first-order valence-electron chi connectivity index (χ1n) is 10.7.